The van der Waals surface area contributed by atoms with Gasteiger partial charge in [0.2, 0.25) is 0 Å². The van der Waals surface area contributed by atoms with Gasteiger partial charge in [0.1, 0.15) is 5.60 Å². The minimum absolute atomic E-state index is 0.109. The maximum absolute atomic E-state index is 12.9. The summed E-state index contributed by atoms with van der Waals surface area (Å²) in [6.45, 7) is 8.62. The van der Waals surface area contributed by atoms with E-state index < -0.39 is 24.2 Å². The molecule has 23 heavy (non-hydrogen) atoms. The number of halogens is 2. The maximum Gasteiger partial charge on any atom is 0.407 e. The van der Waals surface area contributed by atoms with Gasteiger partial charge >= 0.3 is 6.09 Å². The number of alkyl halides is 2. The van der Waals surface area contributed by atoms with Crippen LogP contribution in [-0.2, 0) is 4.74 Å². The van der Waals surface area contributed by atoms with Crippen molar-refractivity contribution in [3.63, 3.8) is 0 Å². The van der Waals surface area contributed by atoms with Crippen LogP contribution in [0.4, 0.5) is 13.6 Å². The van der Waals surface area contributed by atoms with E-state index in [-0.39, 0.29) is 24.7 Å². The minimum Gasteiger partial charge on any atom is -0.444 e. The molecule has 2 N–H and O–H groups in total. The van der Waals surface area contributed by atoms with Crippen LogP contribution >= 0.6 is 0 Å². The van der Waals surface area contributed by atoms with E-state index in [9.17, 15) is 18.7 Å². The van der Waals surface area contributed by atoms with E-state index in [1.165, 1.54) is 0 Å². The van der Waals surface area contributed by atoms with Gasteiger partial charge in [0.05, 0.1) is 12.6 Å². The van der Waals surface area contributed by atoms with Crippen molar-refractivity contribution in [3.8, 4) is 0 Å². The van der Waals surface area contributed by atoms with Gasteiger partial charge in [-0.2, -0.15) is 0 Å². The van der Waals surface area contributed by atoms with Crippen molar-refractivity contribution in [3.05, 3.63) is 0 Å². The van der Waals surface area contributed by atoms with Crippen molar-refractivity contribution in [1.29, 1.82) is 0 Å². The largest absolute Gasteiger partial charge is 0.444 e. The molecular weight excluding hydrogens is 306 g/mol. The van der Waals surface area contributed by atoms with Crippen LogP contribution in [0, 0.1) is 0 Å². The Morgan fingerprint density at radius 2 is 1.96 bits per heavy atom. The van der Waals surface area contributed by atoms with E-state index in [1.807, 2.05) is 13.8 Å². The Morgan fingerprint density at radius 1 is 1.35 bits per heavy atom. The third kappa shape index (κ3) is 6.99. The number of ether oxygens (including phenoxy) is 1. The zero-order valence-corrected chi connectivity index (χ0v) is 14.7. The molecule has 1 aliphatic rings. The molecule has 0 spiro atoms. The molecule has 0 bridgehead atoms. The van der Waals surface area contributed by atoms with Gasteiger partial charge in [-0.15, -0.1) is 0 Å². The lowest BCUT2D eigenvalue weighted by molar-refractivity contribution is -0.0103. The zero-order chi connectivity index (χ0) is 17.8. The Morgan fingerprint density at radius 3 is 2.43 bits per heavy atom. The third-order valence-corrected chi connectivity index (χ3v) is 3.93. The number of rotatable bonds is 5. The van der Waals surface area contributed by atoms with E-state index in [0.717, 1.165) is 0 Å². The molecule has 1 rings (SSSR count). The van der Waals surface area contributed by atoms with Gasteiger partial charge in [-0.1, -0.05) is 0 Å². The highest BCUT2D eigenvalue weighted by Gasteiger charge is 2.37. The van der Waals surface area contributed by atoms with Crippen molar-refractivity contribution >= 4 is 6.09 Å². The van der Waals surface area contributed by atoms with Gasteiger partial charge < -0.3 is 15.2 Å². The summed E-state index contributed by atoms with van der Waals surface area (Å²) in [5.41, 5.74) is -0.617. The molecule has 1 saturated carbocycles. The van der Waals surface area contributed by atoms with Gasteiger partial charge in [0.25, 0.3) is 6.43 Å². The third-order valence-electron chi connectivity index (χ3n) is 3.93. The normalized spacial score (nSPS) is 26.0. The zero-order valence-electron chi connectivity index (χ0n) is 14.7. The summed E-state index contributed by atoms with van der Waals surface area (Å²) in [4.78, 5) is 13.7. The van der Waals surface area contributed by atoms with Gasteiger partial charge in [-0.3, -0.25) is 4.90 Å². The van der Waals surface area contributed by atoms with Crippen LogP contribution in [0.5, 0.6) is 0 Å². The fourth-order valence-electron chi connectivity index (χ4n) is 3.01. The predicted molar refractivity (Wildman–Crippen MR) is 84.6 cm³/mol. The average molecular weight is 336 g/mol. The van der Waals surface area contributed by atoms with E-state index in [4.69, 9.17) is 4.74 Å². The summed E-state index contributed by atoms with van der Waals surface area (Å²) in [5.74, 6) is 0. The van der Waals surface area contributed by atoms with E-state index in [1.54, 1.807) is 25.7 Å². The molecule has 0 aliphatic heterocycles. The van der Waals surface area contributed by atoms with Crippen LogP contribution in [0.2, 0.25) is 0 Å². The van der Waals surface area contributed by atoms with Gasteiger partial charge in [-0.05, 0) is 53.9 Å². The number of nitrogens with one attached hydrogen (secondary N) is 1. The average Bonchev–Trinajstić information content (AvgIpc) is 2.35. The Labute approximate surface area is 137 Å². The van der Waals surface area contributed by atoms with Crippen LogP contribution in [-0.4, -0.2) is 58.9 Å². The van der Waals surface area contributed by atoms with Gasteiger partial charge in [0, 0.05) is 18.1 Å². The first kappa shape index (κ1) is 20.1. The summed E-state index contributed by atoms with van der Waals surface area (Å²) in [6.07, 6.45) is -2.10. The quantitative estimate of drug-likeness (QED) is 0.810. The number of aliphatic hydroxyl groups is 1. The van der Waals surface area contributed by atoms with Crippen LogP contribution in [0.3, 0.4) is 0 Å². The fourth-order valence-corrected chi connectivity index (χ4v) is 3.01. The first-order chi connectivity index (χ1) is 10.5. The number of carbonyl (C=O) groups excluding carboxylic acids is 1. The fraction of sp³-hybridized carbons (Fsp3) is 0.938. The molecule has 0 saturated heterocycles. The SMILES string of the molecule is CC(C)N(CC(F)F)C1CC(O)CCC1NC(=O)OC(C)(C)C. The molecule has 0 aromatic carbocycles. The number of hydrogen-bond donors (Lipinski definition) is 2. The maximum atomic E-state index is 12.9. The molecule has 0 heterocycles. The molecule has 136 valence electrons. The molecule has 1 amide bonds. The summed E-state index contributed by atoms with van der Waals surface area (Å²) >= 11 is 0. The second-order valence-corrected chi connectivity index (χ2v) is 7.47. The second kappa shape index (κ2) is 8.24. The van der Waals surface area contributed by atoms with Crippen LogP contribution < -0.4 is 5.32 Å². The molecule has 0 aromatic heterocycles. The standard InChI is InChI=1S/C16H30F2N2O3/c1-10(2)20(9-14(17)18)13-8-11(21)6-7-12(13)19-15(22)23-16(3,4)5/h10-14,21H,6-9H2,1-5H3,(H,19,22). The van der Waals surface area contributed by atoms with Crippen molar-refractivity contribution in [2.45, 2.75) is 90.1 Å². The molecule has 0 radical (unpaired) electrons. The van der Waals surface area contributed by atoms with Crippen LogP contribution in [0.1, 0.15) is 53.9 Å². The number of amides is 1. The first-order valence-corrected chi connectivity index (χ1v) is 8.21. The Balaban J connectivity index is 2.83. The van der Waals surface area contributed by atoms with E-state index in [0.29, 0.717) is 19.3 Å². The monoisotopic (exact) mass is 336 g/mol. The van der Waals surface area contributed by atoms with Gasteiger partial charge in [-0.25, -0.2) is 13.6 Å². The molecule has 1 aliphatic carbocycles. The summed E-state index contributed by atoms with van der Waals surface area (Å²) in [6, 6.07) is -0.753. The summed E-state index contributed by atoms with van der Waals surface area (Å²) in [7, 11) is 0. The topological polar surface area (TPSA) is 61.8 Å². The molecule has 3 unspecified atom stereocenters. The number of carbonyl (C=O) groups is 1. The highest BCUT2D eigenvalue weighted by molar-refractivity contribution is 5.68. The van der Waals surface area contributed by atoms with Crippen LogP contribution in [0.25, 0.3) is 0 Å². The molecule has 1 fully saturated rings. The van der Waals surface area contributed by atoms with Crippen molar-refractivity contribution in [2.75, 3.05) is 6.54 Å². The minimum atomic E-state index is -2.46. The van der Waals surface area contributed by atoms with E-state index >= 15 is 0 Å². The smallest absolute Gasteiger partial charge is 0.407 e. The molecular formula is C16H30F2N2O3. The lowest BCUT2D eigenvalue weighted by Crippen LogP contribution is -2.58. The van der Waals surface area contributed by atoms with E-state index in [2.05, 4.69) is 5.32 Å². The Bertz CT molecular complexity index is 386. The number of alkyl carbamates (subject to hydrolysis) is 1. The second-order valence-electron chi connectivity index (χ2n) is 7.47. The lowest BCUT2D eigenvalue weighted by Gasteiger charge is -2.43. The van der Waals surface area contributed by atoms with Crippen molar-refractivity contribution in [2.24, 2.45) is 0 Å². The number of nitrogens with zero attached hydrogens (tertiary/aromatic N) is 1. The highest BCUT2D eigenvalue weighted by Crippen LogP contribution is 2.26. The Hall–Kier alpha value is -0.950. The predicted octanol–water partition coefficient (Wildman–Crippen LogP) is 2.77. The molecule has 0 aromatic rings. The van der Waals surface area contributed by atoms with Gasteiger partial charge in [0.15, 0.2) is 0 Å². The highest BCUT2D eigenvalue weighted by atomic mass is 19.3. The lowest BCUT2D eigenvalue weighted by atomic mass is 9.86. The first-order valence-electron chi connectivity index (χ1n) is 8.21. The molecule has 7 heteroatoms. The molecule has 5 nitrogen and oxygen atoms in total. The summed E-state index contributed by atoms with van der Waals surface area (Å²) < 4.78 is 31.0. The summed E-state index contributed by atoms with van der Waals surface area (Å²) in [5, 5.41) is 12.7. The molecule has 3 atom stereocenters. The Kier molecular flexibility index (Phi) is 7.20. The van der Waals surface area contributed by atoms with Crippen molar-refractivity contribution < 1.29 is 23.4 Å². The van der Waals surface area contributed by atoms with Crippen LogP contribution in [0.15, 0.2) is 0 Å². The number of hydrogen-bond acceptors (Lipinski definition) is 4. The number of aliphatic hydroxyl groups excluding tert-OH is 1. The van der Waals surface area contributed by atoms with Crippen molar-refractivity contribution in [1.82, 2.24) is 10.2 Å².